The first-order chi connectivity index (χ1) is 14.2. The molecule has 0 aliphatic rings. The highest BCUT2D eigenvalue weighted by Gasteiger charge is 2.20. The third-order valence-electron chi connectivity index (χ3n) is 4.73. The van der Waals surface area contributed by atoms with Gasteiger partial charge < -0.3 is 14.6 Å². The molecule has 0 saturated heterocycles. The molecular formula is C24H26N2O3. The Morgan fingerprint density at radius 3 is 2.07 bits per heavy atom. The third kappa shape index (κ3) is 5.57. The molecule has 5 nitrogen and oxygen atoms in total. The molecule has 3 rings (SSSR count). The van der Waals surface area contributed by atoms with Crippen LogP contribution in [0.2, 0.25) is 0 Å². The molecule has 0 radical (unpaired) electrons. The summed E-state index contributed by atoms with van der Waals surface area (Å²) in [5, 5.41) is 3.13. The number of carbonyl (C=O) groups is 2. The zero-order valence-electron chi connectivity index (χ0n) is 16.6. The Kier molecular flexibility index (Phi) is 7.22. The Hall–Kier alpha value is -3.34. The molecule has 0 atom stereocenters. The summed E-state index contributed by atoms with van der Waals surface area (Å²) in [5.74, 6) is -0.208. The molecule has 29 heavy (non-hydrogen) atoms. The van der Waals surface area contributed by atoms with E-state index in [2.05, 4.69) is 5.32 Å². The van der Waals surface area contributed by atoms with Crippen LogP contribution in [-0.2, 0) is 4.79 Å². The van der Waals surface area contributed by atoms with Crippen LogP contribution in [0.25, 0.3) is 0 Å². The van der Waals surface area contributed by atoms with Crippen LogP contribution < -0.4 is 5.32 Å². The highest BCUT2D eigenvalue weighted by molar-refractivity contribution is 5.94. The lowest BCUT2D eigenvalue weighted by atomic mass is 9.98. The maximum Gasteiger partial charge on any atom is 0.257 e. The standard InChI is InChI=1S/C24H26N2O3/c1-2-15-26(24(28)21-14-17-29-18-21)16-13-22(27)25-23(19-9-5-3-6-10-19)20-11-7-4-8-12-20/h3-12,14,17-18,23H,2,13,15-16H2,1H3,(H,25,27). The number of rotatable bonds is 9. The molecule has 0 unspecified atom stereocenters. The number of carbonyl (C=O) groups excluding carboxylic acids is 2. The minimum atomic E-state index is -0.228. The van der Waals surface area contributed by atoms with E-state index < -0.39 is 0 Å². The van der Waals surface area contributed by atoms with Gasteiger partial charge in [-0.05, 0) is 23.6 Å². The zero-order valence-corrected chi connectivity index (χ0v) is 16.6. The summed E-state index contributed by atoms with van der Waals surface area (Å²) in [6.45, 7) is 2.97. The van der Waals surface area contributed by atoms with E-state index in [0.29, 0.717) is 18.7 Å². The van der Waals surface area contributed by atoms with Gasteiger partial charge in [0, 0.05) is 19.5 Å². The van der Waals surface area contributed by atoms with Gasteiger partial charge in [-0.15, -0.1) is 0 Å². The summed E-state index contributed by atoms with van der Waals surface area (Å²) < 4.78 is 5.01. The van der Waals surface area contributed by atoms with E-state index in [9.17, 15) is 9.59 Å². The third-order valence-corrected chi connectivity index (χ3v) is 4.73. The lowest BCUT2D eigenvalue weighted by Crippen LogP contribution is -2.36. The van der Waals surface area contributed by atoms with Crippen LogP contribution in [0.5, 0.6) is 0 Å². The molecule has 0 bridgehead atoms. The van der Waals surface area contributed by atoms with Crippen LogP contribution in [0.3, 0.4) is 0 Å². The van der Waals surface area contributed by atoms with Gasteiger partial charge in [0.1, 0.15) is 6.26 Å². The molecule has 5 heteroatoms. The molecule has 0 aliphatic carbocycles. The van der Waals surface area contributed by atoms with Crippen LogP contribution in [-0.4, -0.2) is 29.8 Å². The average Bonchev–Trinajstić information content (AvgIpc) is 3.30. The van der Waals surface area contributed by atoms with E-state index in [-0.39, 0.29) is 24.3 Å². The molecular weight excluding hydrogens is 364 g/mol. The highest BCUT2D eigenvalue weighted by atomic mass is 16.3. The second-order valence-corrected chi connectivity index (χ2v) is 6.88. The van der Waals surface area contributed by atoms with Gasteiger partial charge in [-0.3, -0.25) is 9.59 Å². The molecule has 0 saturated carbocycles. The van der Waals surface area contributed by atoms with Crippen molar-refractivity contribution in [2.24, 2.45) is 0 Å². The molecule has 150 valence electrons. The molecule has 1 N–H and O–H groups in total. The first-order valence-corrected chi connectivity index (χ1v) is 9.89. The Labute approximate surface area is 171 Å². The fraction of sp³-hybridized carbons (Fsp3) is 0.250. The van der Waals surface area contributed by atoms with Gasteiger partial charge in [-0.25, -0.2) is 0 Å². The van der Waals surface area contributed by atoms with Crippen molar-refractivity contribution >= 4 is 11.8 Å². The van der Waals surface area contributed by atoms with Crippen LogP contribution in [0.4, 0.5) is 0 Å². The number of amides is 2. The van der Waals surface area contributed by atoms with Crippen molar-refractivity contribution in [3.8, 4) is 0 Å². The van der Waals surface area contributed by atoms with Gasteiger partial charge >= 0.3 is 0 Å². The van der Waals surface area contributed by atoms with Crippen molar-refractivity contribution in [3.63, 3.8) is 0 Å². The van der Waals surface area contributed by atoms with Crippen LogP contribution in [0.15, 0.2) is 83.7 Å². The lowest BCUT2D eigenvalue weighted by Gasteiger charge is -2.23. The molecule has 0 fully saturated rings. The summed E-state index contributed by atoms with van der Waals surface area (Å²) in [7, 11) is 0. The number of nitrogens with one attached hydrogen (secondary N) is 1. The fourth-order valence-corrected chi connectivity index (χ4v) is 3.27. The van der Waals surface area contributed by atoms with Crippen LogP contribution >= 0.6 is 0 Å². The van der Waals surface area contributed by atoms with Gasteiger partial charge in [0.05, 0.1) is 17.9 Å². The van der Waals surface area contributed by atoms with Crippen molar-refractivity contribution in [1.82, 2.24) is 10.2 Å². The van der Waals surface area contributed by atoms with Crippen molar-refractivity contribution in [1.29, 1.82) is 0 Å². The molecule has 3 aromatic rings. The van der Waals surface area contributed by atoms with E-state index in [0.717, 1.165) is 17.5 Å². The highest BCUT2D eigenvalue weighted by Crippen LogP contribution is 2.22. The topological polar surface area (TPSA) is 62.6 Å². The molecule has 0 aliphatic heterocycles. The summed E-state index contributed by atoms with van der Waals surface area (Å²) in [6, 6.07) is 21.2. The van der Waals surface area contributed by atoms with Crippen LogP contribution in [0, 0.1) is 0 Å². The van der Waals surface area contributed by atoms with Crippen molar-refractivity contribution in [2.75, 3.05) is 13.1 Å². The first kappa shape index (κ1) is 20.4. The van der Waals surface area contributed by atoms with Gasteiger partial charge in [0.15, 0.2) is 0 Å². The summed E-state index contributed by atoms with van der Waals surface area (Å²) in [5.41, 5.74) is 2.55. The summed E-state index contributed by atoms with van der Waals surface area (Å²) in [6.07, 6.45) is 3.97. The minimum absolute atomic E-state index is 0.0937. The Morgan fingerprint density at radius 1 is 0.931 bits per heavy atom. The SMILES string of the molecule is CCCN(CCC(=O)NC(c1ccccc1)c1ccccc1)C(=O)c1ccoc1. The largest absolute Gasteiger partial charge is 0.472 e. The lowest BCUT2D eigenvalue weighted by molar-refractivity contribution is -0.121. The molecule has 0 spiro atoms. The quantitative estimate of drug-likeness (QED) is 0.588. The molecule has 1 aromatic heterocycles. The predicted molar refractivity (Wildman–Crippen MR) is 112 cm³/mol. The number of hydrogen-bond acceptors (Lipinski definition) is 3. The number of hydrogen-bond donors (Lipinski definition) is 1. The summed E-state index contributed by atoms with van der Waals surface area (Å²) >= 11 is 0. The van der Waals surface area contributed by atoms with E-state index in [1.54, 1.807) is 11.0 Å². The van der Waals surface area contributed by atoms with E-state index in [4.69, 9.17) is 4.42 Å². The normalized spacial score (nSPS) is 10.7. The monoisotopic (exact) mass is 390 g/mol. The minimum Gasteiger partial charge on any atom is -0.472 e. The number of benzene rings is 2. The van der Waals surface area contributed by atoms with Crippen molar-refractivity contribution < 1.29 is 14.0 Å². The first-order valence-electron chi connectivity index (χ1n) is 9.89. The number of nitrogens with zero attached hydrogens (tertiary/aromatic N) is 1. The average molecular weight is 390 g/mol. The smallest absolute Gasteiger partial charge is 0.257 e. The van der Waals surface area contributed by atoms with Crippen LogP contribution in [0.1, 0.15) is 47.3 Å². The van der Waals surface area contributed by atoms with Gasteiger partial charge in [0.25, 0.3) is 5.91 Å². The number of furan rings is 1. The molecule has 2 aromatic carbocycles. The maximum atomic E-state index is 12.8. The van der Waals surface area contributed by atoms with E-state index >= 15 is 0 Å². The van der Waals surface area contributed by atoms with Crippen molar-refractivity contribution in [3.05, 3.63) is 95.9 Å². The second-order valence-electron chi connectivity index (χ2n) is 6.88. The van der Waals surface area contributed by atoms with Gasteiger partial charge in [0.2, 0.25) is 5.91 Å². The second kappa shape index (κ2) is 10.3. The fourth-order valence-electron chi connectivity index (χ4n) is 3.27. The molecule has 2 amide bonds. The zero-order chi connectivity index (χ0) is 20.5. The Morgan fingerprint density at radius 2 is 1.55 bits per heavy atom. The maximum absolute atomic E-state index is 12.8. The van der Waals surface area contributed by atoms with E-state index in [1.807, 2.05) is 67.6 Å². The van der Waals surface area contributed by atoms with Crippen molar-refractivity contribution in [2.45, 2.75) is 25.8 Å². The van der Waals surface area contributed by atoms with Gasteiger partial charge in [-0.2, -0.15) is 0 Å². The van der Waals surface area contributed by atoms with Gasteiger partial charge in [-0.1, -0.05) is 67.6 Å². The predicted octanol–water partition coefficient (Wildman–Crippen LogP) is 4.43. The van der Waals surface area contributed by atoms with E-state index in [1.165, 1.54) is 12.5 Å². The Bertz CT molecular complexity index is 853. The molecule has 1 heterocycles. The Balaban J connectivity index is 1.67. The summed E-state index contributed by atoms with van der Waals surface area (Å²) in [4.78, 5) is 27.1.